The third kappa shape index (κ3) is 4.42. The summed E-state index contributed by atoms with van der Waals surface area (Å²) in [6.07, 6.45) is 0. The highest BCUT2D eigenvalue weighted by Gasteiger charge is 2.22. The molecule has 4 aromatic rings. The SMILES string of the molecule is CCn1c(=O)sc2cc(NC(=O)c3cccc(N(C)S(=O)(=O)c4ccc(C)cc4)c3)ccc21. The Morgan fingerprint density at radius 2 is 1.79 bits per heavy atom. The van der Waals surface area contributed by atoms with Gasteiger partial charge in [0.15, 0.2) is 0 Å². The molecule has 1 aromatic heterocycles. The molecule has 0 spiro atoms. The molecule has 170 valence electrons. The summed E-state index contributed by atoms with van der Waals surface area (Å²) in [5, 5.41) is 2.83. The third-order valence-electron chi connectivity index (χ3n) is 5.39. The fourth-order valence-corrected chi connectivity index (χ4v) is 5.68. The predicted octanol–water partition coefficient (Wildman–Crippen LogP) is 4.47. The predicted molar refractivity (Wildman–Crippen MR) is 133 cm³/mol. The van der Waals surface area contributed by atoms with Crippen LogP contribution in [0.25, 0.3) is 10.2 Å². The van der Waals surface area contributed by atoms with Gasteiger partial charge in [-0.2, -0.15) is 0 Å². The van der Waals surface area contributed by atoms with E-state index in [1.54, 1.807) is 59.2 Å². The van der Waals surface area contributed by atoms with Crippen molar-refractivity contribution in [3.05, 3.63) is 87.5 Å². The Hall–Kier alpha value is -3.43. The minimum atomic E-state index is -3.77. The fraction of sp³-hybridized carbons (Fsp3) is 0.167. The molecule has 33 heavy (non-hydrogen) atoms. The van der Waals surface area contributed by atoms with Crippen LogP contribution in [0.1, 0.15) is 22.8 Å². The number of benzene rings is 3. The molecule has 3 aromatic carbocycles. The van der Waals surface area contributed by atoms with E-state index >= 15 is 0 Å². The lowest BCUT2D eigenvalue weighted by Crippen LogP contribution is -2.26. The molecule has 0 saturated heterocycles. The highest BCUT2D eigenvalue weighted by molar-refractivity contribution is 7.92. The molecular formula is C24H23N3O4S2. The summed E-state index contributed by atoms with van der Waals surface area (Å²) in [5.41, 5.74) is 3.04. The standard InChI is InChI=1S/C24H23N3O4S2/c1-4-27-21-13-10-18(15-22(21)32-24(27)29)25-23(28)17-6-5-7-19(14-17)26(3)33(30,31)20-11-8-16(2)9-12-20/h5-15H,4H2,1-3H3,(H,25,28). The van der Waals surface area contributed by atoms with Crippen LogP contribution in [-0.2, 0) is 16.6 Å². The second kappa shape index (κ2) is 8.84. The number of aromatic nitrogens is 1. The number of carbonyl (C=O) groups is 1. The molecule has 1 amide bonds. The first kappa shape index (κ1) is 22.8. The Labute approximate surface area is 196 Å². The number of hydrogen-bond acceptors (Lipinski definition) is 5. The van der Waals surface area contributed by atoms with E-state index in [-0.39, 0.29) is 15.7 Å². The minimum absolute atomic E-state index is 0.0403. The monoisotopic (exact) mass is 481 g/mol. The average molecular weight is 482 g/mol. The molecule has 0 atom stereocenters. The number of carbonyl (C=O) groups excluding carboxylic acids is 1. The summed E-state index contributed by atoms with van der Waals surface area (Å²) in [5.74, 6) is -0.375. The number of hydrogen-bond donors (Lipinski definition) is 1. The number of fused-ring (bicyclic) bond motifs is 1. The molecule has 1 heterocycles. The van der Waals surface area contributed by atoms with E-state index in [9.17, 15) is 18.0 Å². The van der Waals surface area contributed by atoms with Crippen LogP contribution >= 0.6 is 11.3 Å². The first-order valence-electron chi connectivity index (χ1n) is 10.3. The van der Waals surface area contributed by atoms with Crippen molar-refractivity contribution in [2.75, 3.05) is 16.7 Å². The number of rotatable bonds is 6. The van der Waals surface area contributed by atoms with Crippen LogP contribution in [-0.4, -0.2) is 25.9 Å². The van der Waals surface area contributed by atoms with Gasteiger partial charge in [0.25, 0.3) is 15.9 Å². The molecular weight excluding hydrogens is 458 g/mol. The number of nitrogens with zero attached hydrogens (tertiary/aromatic N) is 2. The zero-order valence-electron chi connectivity index (χ0n) is 18.4. The van der Waals surface area contributed by atoms with Gasteiger partial charge >= 0.3 is 4.87 Å². The molecule has 0 aliphatic carbocycles. The van der Waals surface area contributed by atoms with Crippen LogP contribution in [0.3, 0.4) is 0 Å². The largest absolute Gasteiger partial charge is 0.322 e. The lowest BCUT2D eigenvalue weighted by molar-refractivity contribution is 0.102. The maximum absolute atomic E-state index is 13.0. The maximum Gasteiger partial charge on any atom is 0.308 e. The summed E-state index contributed by atoms with van der Waals surface area (Å²) in [6, 6.07) is 18.4. The van der Waals surface area contributed by atoms with Gasteiger partial charge in [-0.3, -0.25) is 18.5 Å². The van der Waals surface area contributed by atoms with E-state index in [0.717, 1.165) is 31.4 Å². The lowest BCUT2D eigenvalue weighted by Gasteiger charge is -2.20. The van der Waals surface area contributed by atoms with Crippen molar-refractivity contribution in [2.45, 2.75) is 25.3 Å². The molecule has 4 rings (SSSR count). The van der Waals surface area contributed by atoms with E-state index in [4.69, 9.17) is 0 Å². The number of sulfonamides is 1. The summed E-state index contributed by atoms with van der Waals surface area (Å²) in [4.78, 5) is 25.1. The average Bonchev–Trinajstić information content (AvgIpc) is 3.12. The second-order valence-corrected chi connectivity index (χ2v) is 10.5. The number of aryl methyl sites for hydroxylation is 2. The number of anilines is 2. The van der Waals surface area contributed by atoms with E-state index in [1.807, 2.05) is 19.9 Å². The molecule has 0 saturated carbocycles. The van der Waals surface area contributed by atoms with Gasteiger partial charge in [-0.25, -0.2) is 8.42 Å². The first-order valence-corrected chi connectivity index (χ1v) is 12.6. The van der Waals surface area contributed by atoms with Crippen molar-refractivity contribution in [1.82, 2.24) is 4.57 Å². The van der Waals surface area contributed by atoms with Crippen LogP contribution in [0, 0.1) is 6.92 Å². The van der Waals surface area contributed by atoms with Gasteiger partial charge in [-0.1, -0.05) is 35.1 Å². The van der Waals surface area contributed by atoms with Crippen LogP contribution < -0.4 is 14.5 Å². The second-order valence-electron chi connectivity index (χ2n) is 7.58. The molecule has 1 N–H and O–H groups in total. The minimum Gasteiger partial charge on any atom is -0.322 e. The van der Waals surface area contributed by atoms with Gasteiger partial charge in [0.05, 0.1) is 20.8 Å². The van der Waals surface area contributed by atoms with Gasteiger partial charge in [0.1, 0.15) is 0 Å². The van der Waals surface area contributed by atoms with Gasteiger partial charge < -0.3 is 5.32 Å². The van der Waals surface area contributed by atoms with Crippen molar-refractivity contribution in [3.8, 4) is 0 Å². The van der Waals surface area contributed by atoms with Crippen LogP contribution in [0.15, 0.2) is 76.4 Å². The molecule has 0 aliphatic rings. The summed E-state index contributed by atoms with van der Waals surface area (Å²) >= 11 is 1.13. The first-order chi connectivity index (χ1) is 15.7. The van der Waals surface area contributed by atoms with Crippen LogP contribution in [0.4, 0.5) is 11.4 Å². The van der Waals surface area contributed by atoms with Gasteiger partial charge in [0.2, 0.25) is 0 Å². The summed E-state index contributed by atoms with van der Waals surface area (Å²) < 4.78 is 29.6. The number of nitrogens with one attached hydrogen (secondary N) is 1. The van der Waals surface area contributed by atoms with Gasteiger partial charge in [-0.05, 0) is 62.4 Å². The van der Waals surface area contributed by atoms with Crippen LogP contribution in [0.5, 0.6) is 0 Å². The van der Waals surface area contributed by atoms with Crippen molar-refractivity contribution in [3.63, 3.8) is 0 Å². The smallest absolute Gasteiger partial charge is 0.308 e. The molecule has 0 aliphatic heterocycles. The molecule has 0 radical (unpaired) electrons. The Balaban J connectivity index is 1.58. The Kier molecular flexibility index (Phi) is 6.09. The third-order valence-corrected chi connectivity index (χ3v) is 8.14. The quantitative estimate of drug-likeness (QED) is 0.440. The summed E-state index contributed by atoms with van der Waals surface area (Å²) in [6.45, 7) is 4.38. The molecule has 7 nitrogen and oxygen atoms in total. The number of thiazole rings is 1. The van der Waals surface area contributed by atoms with Crippen molar-refractivity contribution < 1.29 is 13.2 Å². The fourth-order valence-electron chi connectivity index (χ4n) is 3.50. The molecule has 0 bridgehead atoms. The zero-order chi connectivity index (χ0) is 23.8. The van der Waals surface area contributed by atoms with Crippen molar-refractivity contribution >= 4 is 48.9 Å². The normalized spacial score (nSPS) is 11.5. The van der Waals surface area contributed by atoms with E-state index in [1.165, 1.54) is 13.1 Å². The highest BCUT2D eigenvalue weighted by atomic mass is 32.2. The Morgan fingerprint density at radius 1 is 1.06 bits per heavy atom. The Morgan fingerprint density at radius 3 is 2.48 bits per heavy atom. The number of amides is 1. The van der Waals surface area contributed by atoms with Crippen LogP contribution in [0.2, 0.25) is 0 Å². The topological polar surface area (TPSA) is 88.5 Å². The van der Waals surface area contributed by atoms with E-state index < -0.39 is 10.0 Å². The highest BCUT2D eigenvalue weighted by Crippen LogP contribution is 2.25. The lowest BCUT2D eigenvalue weighted by atomic mass is 10.2. The maximum atomic E-state index is 13.0. The van der Waals surface area contributed by atoms with Crippen molar-refractivity contribution in [1.29, 1.82) is 0 Å². The zero-order valence-corrected chi connectivity index (χ0v) is 20.0. The van der Waals surface area contributed by atoms with E-state index in [0.29, 0.717) is 23.5 Å². The molecule has 9 heteroatoms. The summed E-state index contributed by atoms with van der Waals surface area (Å²) in [7, 11) is -2.31. The van der Waals surface area contributed by atoms with Gasteiger partial charge in [-0.15, -0.1) is 0 Å². The van der Waals surface area contributed by atoms with Gasteiger partial charge in [0, 0.05) is 24.8 Å². The Bertz CT molecular complexity index is 1500. The van der Waals surface area contributed by atoms with Crippen molar-refractivity contribution in [2.24, 2.45) is 0 Å². The molecule has 0 unspecified atom stereocenters. The molecule has 0 fully saturated rings. The van der Waals surface area contributed by atoms with E-state index in [2.05, 4.69) is 5.32 Å².